The Hall–Kier alpha value is -5.12. The number of rotatable bonds is 10. The van der Waals surface area contributed by atoms with E-state index in [0.717, 1.165) is 66.4 Å². The van der Waals surface area contributed by atoms with Gasteiger partial charge in [-0.1, -0.05) is 95.1 Å². The molecule has 0 saturated heterocycles. The van der Waals surface area contributed by atoms with E-state index in [4.69, 9.17) is 4.74 Å². The van der Waals surface area contributed by atoms with Gasteiger partial charge in [-0.25, -0.2) is 0 Å². The Morgan fingerprint density at radius 3 is 0.941 bits per heavy atom. The fourth-order valence-corrected chi connectivity index (χ4v) is 7.76. The third-order valence-electron chi connectivity index (χ3n) is 10.7. The molecule has 1 fully saturated rings. The number of ether oxygens (including phenoxy) is 1. The van der Waals surface area contributed by atoms with Crippen LogP contribution in [-0.2, 0) is 10.2 Å². The van der Waals surface area contributed by atoms with E-state index < -0.39 is 0 Å². The van der Waals surface area contributed by atoms with Gasteiger partial charge in [0.2, 0.25) is 0 Å². The highest BCUT2D eigenvalue weighted by Gasteiger charge is 2.39. The summed E-state index contributed by atoms with van der Waals surface area (Å²) in [6.45, 7) is 11.4. The van der Waals surface area contributed by atoms with Crippen molar-refractivity contribution in [2.45, 2.75) is 71.8 Å². The molecule has 7 rings (SSSR count). The highest BCUT2D eigenvalue weighted by molar-refractivity contribution is 5.78. The molecule has 6 aromatic carbocycles. The van der Waals surface area contributed by atoms with Crippen molar-refractivity contribution in [1.29, 1.82) is 0 Å². The molecule has 0 aromatic heterocycles. The maximum Gasteiger partial charge on any atom is 0.0575 e. The highest BCUT2D eigenvalue weighted by atomic mass is 16.5. The lowest BCUT2D eigenvalue weighted by Crippen LogP contribution is -2.35. The van der Waals surface area contributed by atoms with Gasteiger partial charge in [0.25, 0.3) is 0 Å². The van der Waals surface area contributed by atoms with Crippen molar-refractivity contribution < 1.29 is 4.74 Å². The zero-order chi connectivity index (χ0) is 35.4. The van der Waals surface area contributed by atoms with Crippen LogP contribution in [0.2, 0.25) is 0 Å². The molecule has 0 aliphatic heterocycles. The van der Waals surface area contributed by atoms with Crippen LogP contribution in [0.5, 0.6) is 0 Å². The van der Waals surface area contributed by atoms with Crippen molar-refractivity contribution >= 4 is 34.1 Å². The second-order valence-corrected chi connectivity index (χ2v) is 14.3. The first kappa shape index (κ1) is 34.3. The monoisotopic (exact) mass is 670 g/mol. The zero-order valence-corrected chi connectivity index (χ0v) is 30.8. The predicted octanol–water partition coefficient (Wildman–Crippen LogP) is 13.1. The summed E-state index contributed by atoms with van der Waals surface area (Å²) in [6.07, 6.45) is 4.52. The Morgan fingerprint density at radius 1 is 0.431 bits per heavy atom. The zero-order valence-electron chi connectivity index (χ0n) is 30.8. The molecule has 1 saturated carbocycles. The molecule has 0 N–H and O–H groups in total. The molecule has 6 aromatic rings. The van der Waals surface area contributed by atoms with E-state index in [0.29, 0.717) is 6.10 Å². The van der Waals surface area contributed by atoms with Gasteiger partial charge < -0.3 is 14.5 Å². The predicted molar refractivity (Wildman–Crippen MR) is 216 cm³/mol. The van der Waals surface area contributed by atoms with Crippen molar-refractivity contribution in [2.24, 2.45) is 0 Å². The quantitative estimate of drug-likeness (QED) is 0.144. The number of nitrogens with zero attached hydrogens (tertiary/aromatic N) is 2. The molecule has 3 nitrogen and oxygen atoms in total. The standard InChI is InChI=1S/C48H50N2O/c1-6-51-47-31-33-48(34-32-47,39-15-27-45(28-16-39)49(41-19-7-35(2)8-20-41)42-21-9-36(3)10-22-42)40-17-29-46(30-18-40)50(43-23-11-37(4)12-24-43)44-25-13-38(5)14-26-44/h7-30,47H,6,31-34H2,1-5H3. The van der Waals surface area contributed by atoms with Crippen molar-refractivity contribution in [3.05, 3.63) is 179 Å². The summed E-state index contributed by atoms with van der Waals surface area (Å²) in [7, 11) is 0. The lowest BCUT2D eigenvalue weighted by Gasteiger charge is -2.41. The summed E-state index contributed by atoms with van der Waals surface area (Å²) in [5.74, 6) is 0. The van der Waals surface area contributed by atoms with Crippen LogP contribution in [0.25, 0.3) is 0 Å². The maximum absolute atomic E-state index is 6.17. The first-order valence-electron chi connectivity index (χ1n) is 18.5. The van der Waals surface area contributed by atoms with Crippen molar-refractivity contribution in [1.82, 2.24) is 0 Å². The van der Waals surface area contributed by atoms with Gasteiger partial charge in [-0.2, -0.15) is 0 Å². The SMILES string of the molecule is CCOC1CCC(c2ccc(N(c3ccc(C)cc3)c3ccc(C)cc3)cc2)(c2ccc(N(c3ccc(C)cc3)c3ccc(C)cc3)cc2)CC1. The summed E-state index contributed by atoms with van der Waals surface area (Å²) >= 11 is 0. The molecule has 1 aliphatic rings. The van der Waals surface area contributed by atoms with E-state index in [-0.39, 0.29) is 5.41 Å². The lowest BCUT2D eigenvalue weighted by molar-refractivity contribution is 0.0244. The van der Waals surface area contributed by atoms with E-state index in [1.807, 2.05) is 0 Å². The second kappa shape index (κ2) is 15.0. The normalized spacial score (nSPS) is 14.3. The van der Waals surface area contributed by atoms with Crippen molar-refractivity contribution in [3.8, 4) is 0 Å². The first-order chi connectivity index (χ1) is 24.8. The summed E-state index contributed by atoms with van der Waals surface area (Å²) < 4.78 is 6.17. The third kappa shape index (κ3) is 7.36. The first-order valence-corrected chi connectivity index (χ1v) is 18.5. The maximum atomic E-state index is 6.17. The molecule has 258 valence electrons. The van der Waals surface area contributed by atoms with Gasteiger partial charge >= 0.3 is 0 Å². The Kier molecular flexibility index (Phi) is 10.1. The van der Waals surface area contributed by atoms with Crippen LogP contribution < -0.4 is 9.80 Å². The highest BCUT2D eigenvalue weighted by Crippen LogP contribution is 2.47. The van der Waals surface area contributed by atoms with E-state index in [1.165, 1.54) is 33.4 Å². The minimum atomic E-state index is -0.0955. The average molecular weight is 671 g/mol. The van der Waals surface area contributed by atoms with Crippen LogP contribution in [0.4, 0.5) is 34.1 Å². The number of aryl methyl sites for hydroxylation is 4. The molecule has 0 unspecified atom stereocenters. The van der Waals surface area contributed by atoms with E-state index >= 15 is 0 Å². The Morgan fingerprint density at radius 2 is 0.686 bits per heavy atom. The Bertz CT molecular complexity index is 1770. The minimum Gasteiger partial charge on any atom is -0.379 e. The summed E-state index contributed by atoms with van der Waals surface area (Å²) in [5.41, 5.74) is 14.6. The van der Waals surface area contributed by atoms with Crippen molar-refractivity contribution in [2.75, 3.05) is 16.4 Å². The number of hydrogen-bond donors (Lipinski definition) is 0. The van der Waals surface area contributed by atoms with Crippen LogP contribution in [-0.4, -0.2) is 12.7 Å². The van der Waals surface area contributed by atoms with Gasteiger partial charge in [-0.3, -0.25) is 0 Å². The third-order valence-corrected chi connectivity index (χ3v) is 10.7. The Labute approximate surface area is 305 Å². The van der Waals surface area contributed by atoms with Gasteiger partial charge in [0.15, 0.2) is 0 Å². The van der Waals surface area contributed by atoms with E-state index in [1.54, 1.807) is 0 Å². The van der Waals surface area contributed by atoms with Gasteiger partial charge in [-0.15, -0.1) is 0 Å². The van der Waals surface area contributed by atoms with Gasteiger partial charge in [-0.05, 0) is 144 Å². The molecular weight excluding hydrogens is 621 g/mol. The largest absolute Gasteiger partial charge is 0.379 e. The molecule has 0 heterocycles. The van der Waals surface area contributed by atoms with Gasteiger partial charge in [0.1, 0.15) is 0 Å². The molecular formula is C48H50N2O. The van der Waals surface area contributed by atoms with Gasteiger partial charge in [0, 0.05) is 46.1 Å². The average Bonchev–Trinajstić information content (AvgIpc) is 3.16. The molecule has 3 heteroatoms. The van der Waals surface area contributed by atoms with Crippen LogP contribution in [0.3, 0.4) is 0 Å². The summed E-state index contributed by atoms with van der Waals surface area (Å²) in [6, 6.07) is 54.1. The number of hydrogen-bond acceptors (Lipinski definition) is 3. The van der Waals surface area contributed by atoms with Crippen LogP contribution in [0.15, 0.2) is 146 Å². The van der Waals surface area contributed by atoms with Crippen molar-refractivity contribution in [3.63, 3.8) is 0 Å². The molecule has 0 radical (unpaired) electrons. The van der Waals surface area contributed by atoms with E-state index in [2.05, 4.69) is 190 Å². The molecule has 51 heavy (non-hydrogen) atoms. The van der Waals surface area contributed by atoms with Crippen LogP contribution in [0, 0.1) is 27.7 Å². The molecule has 0 bridgehead atoms. The second-order valence-electron chi connectivity index (χ2n) is 14.3. The molecule has 0 atom stereocenters. The molecule has 0 spiro atoms. The smallest absolute Gasteiger partial charge is 0.0575 e. The molecule has 1 aliphatic carbocycles. The van der Waals surface area contributed by atoms with Crippen LogP contribution in [0.1, 0.15) is 66.0 Å². The summed E-state index contributed by atoms with van der Waals surface area (Å²) in [4.78, 5) is 4.72. The summed E-state index contributed by atoms with van der Waals surface area (Å²) in [5, 5.41) is 0. The van der Waals surface area contributed by atoms with Gasteiger partial charge in [0.05, 0.1) is 6.10 Å². The molecule has 0 amide bonds. The fraction of sp³-hybridized carbons (Fsp3) is 0.250. The van der Waals surface area contributed by atoms with Crippen LogP contribution >= 0.6 is 0 Å². The minimum absolute atomic E-state index is 0.0955. The fourth-order valence-electron chi connectivity index (χ4n) is 7.76. The Balaban J connectivity index is 1.27. The number of anilines is 6. The topological polar surface area (TPSA) is 15.7 Å². The lowest BCUT2D eigenvalue weighted by atomic mass is 9.64. The number of benzene rings is 6. The van der Waals surface area contributed by atoms with E-state index in [9.17, 15) is 0 Å².